The van der Waals surface area contributed by atoms with Crippen LogP contribution in [0, 0.1) is 6.92 Å². The molecule has 6 heteroatoms. The average Bonchev–Trinajstić information content (AvgIpc) is 3.09. The monoisotopic (exact) mass is 459 g/mol. The van der Waals surface area contributed by atoms with Crippen LogP contribution in [0.15, 0.2) is 83.5 Å². The van der Waals surface area contributed by atoms with Gasteiger partial charge in [0, 0.05) is 17.0 Å². The first-order valence-electron chi connectivity index (χ1n) is 10.5. The average molecular weight is 460 g/mol. The second kappa shape index (κ2) is 9.55. The van der Waals surface area contributed by atoms with Gasteiger partial charge in [0.15, 0.2) is 5.76 Å². The predicted octanol–water partition coefficient (Wildman–Crippen LogP) is 5.56. The molecule has 3 aromatic carbocycles. The first kappa shape index (κ1) is 22.7. The Labute approximate surface area is 197 Å². The number of carbonyl (C=O) groups excluding carboxylic acids is 2. The molecule has 33 heavy (non-hydrogen) atoms. The van der Waals surface area contributed by atoms with Crippen molar-refractivity contribution in [2.24, 2.45) is 0 Å². The van der Waals surface area contributed by atoms with Gasteiger partial charge in [0.1, 0.15) is 0 Å². The molecule has 1 aliphatic heterocycles. The fraction of sp³-hybridized carbons (Fsp3) is 0.185. The van der Waals surface area contributed by atoms with Crippen molar-refractivity contribution in [2.75, 3.05) is 13.4 Å². The highest BCUT2D eigenvalue weighted by Crippen LogP contribution is 2.43. The molecule has 168 valence electrons. The normalized spacial score (nSPS) is 15.8. The Hall–Kier alpha value is -3.51. The van der Waals surface area contributed by atoms with E-state index in [0.717, 1.165) is 27.1 Å². The summed E-state index contributed by atoms with van der Waals surface area (Å²) in [6.07, 6.45) is 2.02. The maximum atomic E-state index is 13.2. The lowest BCUT2D eigenvalue weighted by Crippen LogP contribution is -2.29. The molecule has 1 atom stereocenters. The van der Waals surface area contributed by atoms with E-state index in [2.05, 4.69) is 0 Å². The van der Waals surface area contributed by atoms with Gasteiger partial charge in [-0.2, -0.15) is 0 Å². The molecule has 4 rings (SSSR count). The maximum absolute atomic E-state index is 13.2. The summed E-state index contributed by atoms with van der Waals surface area (Å²) in [5, 5.41) is 10.9. The van der Waals surface area contributed by atoms with Crippen LogP contribution < -0.4 is 0 Å². The second-order valence-electron chi connectivity index (χ2n) is 7.93. The Kier molecular flexibility index (Phi) is 6.56. The zero-order chi connectivity index (χ0) is 23.5. The zero-order valence-corrected chi connectivity index (χ0v) is 19.6. The Morgan fingerprint density at radius 1 is 1.00 bits per heavy atom. The van der Waals surface area contributed by atoms with Gasteiger partial charge in [-0.15, -0.1) is 11.8 Å². The van der Waals surface area contributed by atoms with E-state index >= 15 is 0 Å². The molecular weight excluding hydrogens is 434 g/mol. The van der Waals surface area contributed by atoms with Crippen LogP contribution in [0.25, 0.3) is 5.57 Å². The van der Waals surface area contributed by atoms with Crippen LogP contribution in [0.1, 0.15) is 38.7 Å². The van der Waals surface area contributed by atoms with E-state index in [0.29, 0.717) is 17.7 Å². The number of rotatable bonds is 6. The van der Waals surface area contributed by atoms with E-state index in [1.165, 1.54) is 7.11 Å². The van der Waals surface area contributed by atoms with Crippen molar-refractivity contribution in [3.05, 3.63) is 106 Å². The lowest BCUT2D eigenvalue weighted by Gasteiger charge is -2.28. The van der Waals surface area contributed by atoms with Gasteiger partial charge in [-0.3, -0.25) is 4.79 Å². The molecule has 0 fully saturated rings. The summed E-state index contributed by atoms with van der Waals surface area (Å²) in [6, 6.07) is 22.3. The van der Waals surface area contributed by atoms with Crippen molar-refractivity contribution in [3.8, 4) is 0 Å². The van der Waals surface area contributed by atoms with Crippen molar-refractivity contribution in [2.45, 2.75) is 24.4 Å². The SMILES string of the molecule is COC(=O)c1ccc(C2C(c3ccc(C)cc3)=C(O)C(=O)N2Cc2ccc(SC)cc2)cc1. The van der Waals surface area contributed by atoms with Gasteiger partial charge in [-0.1, -0.05) is 54.1 Å². The van der Waals surface area contributed by atoms with Crippen LogP contribution in [0.3, 0.4) is 0 Å². The molecule has 0 spiro atoms. The van der Waals surface area contributed by atoms with Crippen molar-refractivity contribution in [1.29, 1.82) is 0 Å². The molecule has 1 N–H and O–H groups in total. The van der Waals surface area contributed by atoms with Crippen LogP contribution in [0.4, 0.5) is 0 Å². The van der Waals surface area contributed by atoms with Gasteiger partial charge >= 0.3 is 5.97 Å². The van der Waals surface area contributed by atoms with Gasteiger partial charge in [0.25, 0.3) is 5.91 Å². The number of hydrogen-bond donors (Lipinski definition) is 1. The number of methoxy groups -OCH3 is 1. The first-order valence-corrected chi connectivity index (χ1v) is 11.8. The first-order chi connectivity index (χ1) is 15.9. The van der Waals surface area contributed by atoms with Crippen LogP contribution in [-0.4, -0.2) is 35.2 Å². The molecule has 0 radical (unpaired) electrons. The number of thioether (sulfide) groups is 1. The number of amides is 1. The lowest BCUT2D eigenvalue weighted by molar-refractivity contribution is -0.130. The summed E-state index contributed by atoms with van der Waals surface area (Å²) in [4.78, 5) is 27.9. The fourth-order valence-corrected chi connectivity index (χ4v) is 4.45. The van der Waals surface area contributed by atoms with Crippen molar-refractivity contribution in [3.63, 3.8) is 0 Å². The van der Waals surface area contributed by atoms with E-state index in [-0.39, 0.29) is 5.76 Å². The molecule has 3 aromatic rings. The molecule has 0 saturated carbocycles. The summed E-state index contributed by atoms with van der Waals surface area (Å²) < 4.78 is 4.80. The predicted molar refractivity (Wildman–Crippen MR) is 130 cm³/mol. The largest absolute Gasteiger partial charge is 0.503 e. The van der Waals surface area contributed by atoms with Crippen LogP contribution in [0.2, 0.25) is 0 Å². The third kappa shape index (κ3) is 4.52. The molecule has 0 aliphatic carbocycles. The maximum Gasteiger partial charge on any atom is 0.337 e. The van der Waals surface area contributed by atoms with Gasteiger partial charge in [0.2, 0.25) is 0 Å². The van der Waals surface area contributed by atoms with E-state index in [1.807, 2.05) is 61.7 Å². The highest BCUT2D eigenvalue weighted by molar-refractivity contribution is 7.98. The van der Waals surface area contributed by atoms with E-state index < -0.39 is 17.9 Å². The quantitative estimate of drug-likeness (QED) is 0.386. The smallest absolute Gasteiger partial charge is 0.337 e. The van der Waals surface area contributed by atoms with Crippen molar-refractivity contribution >= 4 is 29.2 Å². The molecule has 0 saturated heterocycles. The number of aliphatic hydroxyl groups excluding tert-OH is 1. The molecule has 1 unspecified atom stereocenters. The number of hydrogen-bond acceptors (Lipinski definition) is 5. The Morgan fingerprint density at radius 3 is 2.21 bits per heavy atom. The number of carbonyl (C=O) groups is 2. The Bertz CT molecular complexity index is 1200. The third-order valence-corrected chi connectivity index (χ3v) is 6.57. The molecule has 0 bridgehead atoms. The summed E-state index contributed by atoms with van der Waals surface area (Å²) in [7, 11) is 1.34. The van der Waals surface area contributed by atoms with Crippen LogP contribution in [-0.2, 0) is 16.1 Å². The Balaban J connectivity index is 1.77. The second-order valence-corrected chi connectivity index (χ2v) is 8.81. The van der Waals surface area contributed by atoms with Gasteiger partial charge in [-0.05, 0) is 54.1 Å². The third-order valence-electron chi connectivity index (χ3n) is 5.83. The molecule has 1 amide bonds. The molecule has 1 aliphatic rings. The minimum absolute atomic E-state index is 0.248. The minimum Gasteiger partial charge on any atom is -0.503 e. The Morgan fingerprint density at radius 2 is 1.64 bits per heavy atom. The van der Waals surface area contributed by atoms with E-state index in [4.69, 9.17) is 4.74 Å². The van der Waals surface area contributed by atoms with Gasteiger partial charge < -0.3 is 14.7 Å². The van der Waals surface area contributed by atoms with Crippen LogP contribution >= 0.6 is 11.8 Å². The highest BCUT2D eigenvalue weighted by atomic mass is 32.2. The lowest BCUT2D eigenvalue weighted by atomic mass is 9.92. The van der Waals surface area contributed by atoms with Gasteiger partial charge in [-0.25, -0.2) is 4.79 Å². The van der Waals surface area contributed by atoms with E-state index in [1.54, 1.807) is 40.9 Å². The topological polar surface area (TPSA) is 66.8 Å². The highest BCUT2D eigenvalue weighted by Gasteiger charge is 2.41. The number of aliphatic hydroxyl groups is 1. The summed E-state index contributed by atoms with van der Waals surface area (Å²) in [5.74, 6) is -1.09. The summed E-state index contributed by atoms with van der Waals surface area (Å²) in [6.45, 7) is 2.34. The van der Waals surface area contributed by atoms with Crippen LogP contribution in [0.5, 0.6) is 0 Å². The number of nitrogens with zero attached hydrogens (tertiary/aromatic N) is 1. The summed E-state index contributed by atoms with van der Waals surface area (Å²) >= 11 is 1.66. The zero-order valence-electron chi connectivity index (χ0n) is 18.7. The molecule has 0 aromatic heterocycles. The molecule has 5 nitrogen and oxygen atoms in total. The molecule has 1 heterocycles. The number of esters is 1. The van der Waals surface area contributed by atoms with E-state index in [9.17, 15) is 14.7 Å². The summed E-state index contributed by atoms with van der Waals surface area (Å²) in [5.41, 5.74) is 4.63. The van der Waals surface area contributed by atoms with Gasteiger partial charge in [0.05, 0.1) is 18.7 Å². The molecular formula is C27H25NO4S. The minimum atomic E-state index is -0.493. The van der Waals surface area contributed by atoms with Crippen molar-refractivity contribution < 1.29 is 19.4 Å². The number of aryl methyl sites for hydroxylation is 1. The number of ether oxygens (including phenoxy) is 1. The number of benzene rings is 3. The fourth-order valence-electron chi connectivity index (χ4n) is 4.04. The standard InChI is InChI=1S/C27H25NO4S/c1-17-4-8-19(9-5-17)23-24(20-10-12-21(13-11-20)27(31)32-2)28(26(30)25(23)29)16-18-6-14-22(33-3)15-7-18/h4-15,24,29H,16H2,1-3H3. The van der Waals surface area contributed by atoms with Crippen molar-refractivity contribution in [1.82, 2.24) is 4.90 Å².